The van der Waals surface area contributed by atoms with Crippen LogP contribution >= 0.6 is 15.9 Å². The maximum absolute atomic E-state index is 5.72. The molecule has 18 heavy (non-hydrogen) atoms. The van der Waals surface area contributed by atoms with Gasteiger partial charge < -0.3 is 14.8 Å². The van der Waals surface area contributed by atoms with E-state index in [-0.39, 0.29) is 6.10 Å². The van der Waals surface area contributed by atoms with E-state index in [1.165, 1.54) is 0 Å². The number of halogens is 1. The second-order valence-corrected chi connectivity index (χ2v) is 5.35. The minimum atomic E-state index is 0.130. The highest BCUT2D eigenvalue weighted by Gasteiger charge is 2.16. The molecule has 1 atom stereocenters. The van der Waals surface area contributed by atoms with Gasteiger partial charge in [0.25, 0.3) is 0 Å². The number of benzene rings is 1. The Morgan fingerprint density at radius 2 is 2.44 bits per heavy atom. The fourth-order valence-corrected chi connectivity index (χ4v) is 2.33. The predicted molar refractivity (Wildman–Crippen MR) is 76.0 cm³/mol. The Labute approximate surface area is 116 Å². The summed E-state index contributed by atoms with van der Waals surface area (Å²) in [4.78, 5) is 0. The van der Waals surface area contributed by atoms with E-state index in [1.54, 1.807) is 0 Å². The maximum Gasteiger partial charge on any atom is 0.133 e. The molecular weight excluding hydrogens is 294 g/mol. The molecule has 1 N–H and O–H groups in total. The van der Waals surface area contributed by atoms with Crippen molar-refractivity contribution >= 4 is 15.9 Å². The number of nitrogens with one attached hydrogen (secondary N) is 1. The van der Waals surface area contributed by atoms with Gasteiger partial charge in [-0.2, -0.15) is 0 Å². The molecule has 1 unspecified atom stereocenters. The first-order valence-electron chi connectivity index (χ1n) is 6.06. The van der Waals surface area contributed by atoms with Crippen molar-refractivity contribution < 1.29 is 9.47 Å². The third kappa shape index (κ3) is 3.57. The molecule has 1 fully saturated rings. The first kappa shape index (κ1) is 13.6. The van der Waals surface area contributed by atoms with Gasteiger partial charge in [0.05, 0.1) is 17.2 Å². The largest absolute Gasteiger partial charge is 0.488 e. The quantitative estimate of drug-likeness (QED) is 0.867. The Morgan fingerprint density at radius 1 is 1.61 bits per heavy atom. The normalized spacial score (nSPS) is 19.6. The summed E-state index contributed by atoms with van der Waals surface area (Å²) in [7, 11) is 0. The van der Waals surface area contributed by atoms with Gasteiger partial charge in [-0.3, -0.25) is 0 Å². The Kier molecular flexibility index (Phi) is 4.80. The van der Waals surface area contributed by atoms with Gasteiger partial charge in [0.15, 0.2) is 0 Å². The molecule has 3 nitrogen and oxygen atoms in total. The molecule has 0 spiro atoms. The van der Waals surface area contributed by atoms with Crippen molar-refractivity contribution in [2.75, 3.05) is 26.3 Å². The summed E-state index contributed by atoms with van der Waals surface area (Å²) in [6.45, 7) is 8.86. The molecular formula is C14H18BrNO2. The lowest BCUT2D eigenvalue weighted by Crippen LogP contribution is -2.33. The molecule has 1 aromatic carbocycles. The van der Waals surface area contributed by atoms with E-state index in [0.717, 1.165) is 41.1 Å². The van der Waals surface area contributed by atoms with Crippen LogP contribution in [0.25, 0.3) is 0 Å². The SMILES string of the molecule is C=C(C)COc1ccc(C2CNCCO2)cc1Br. The van der Waals surface area contributed by atoms with Gasteiger partial charge in [-0.1, -0.05) is 12.6 Å². The molecule has 0 bridgehead atoms. The summed E-state index contributed by atoms with van der Waals surface area (Å²) in [5.74, 6) is 0.838. The molecule has 1 aliphatic rings. The van der Waals surface area contributed by atoms with Gasteiger partial charge >= 0.3 is 0 Å². The average molecular weight is 312 g/mol. The smallest absolute Gasteiger partial charge is 0.133 e. The van der Waals surface area contributed by atoms with Crippen LogP contribution in [0.4, 0.5) is 0 Å². The Bertz CT molecular complexity index is 428. The zero-order valence-corrected chi connectivity index (χ0v) is 12.1. The van der Waals surface area contributed by atoms with Crippen molar-refractivity contribution in [3.63, 3.8) is 0 Å². The molecule has 0 saturated carbocycles. The van der Waals surface area contributed by atoms with E-state index in [0.29, 0.717) is 6.61 Å². The Hall–Kier alpha value is -0.840. The lowest BCUT2D eigenvalue weighted by molar-refractivity contribution is 0.0276. The molecule has 0 aromatic heterocycles. The van der Waals surface area contributed by atoms with Crippen LogP contribution < -0.4 is 10.1 Å². The van der Waals surface area contributed by atoms with Gasteiger partial charge in [0, 0.05) is 13.1 Å². The Balaban J connectivity index is 2.06. The van der Waals surface area contributed by atoms with E-state index in [4.69, 9.17) is 9.47 Å². The highest BCUT2D eigenvalue weighted by molar-refractivity contribution is 9.10. The topological polar surface area (TPSA) is 30.5 Å². The molecule has 0 aliphatic carbocycles. The molecule has 98 valence electrons. The Morgan fingerprint density at radius 3 is 3.06 bits per heavy atom. The van der Waals surface area contributed by atoms with Gasteiger partial charge in [0.2, 0.25) is 0 Å². The molecule has 1 aromatic rings. The zero-order valence-electron chi connectivity index (χ0n) is 10.5. The number of ether oxygens (including phenoxy) is 2. The van der Waals surface area contributed by atoms with Crippen molar-refractivity contribution in [2.24, 2.45) is 0 Å². The van der Waals surface area contributed by atoms with Gasteiger partial charge in [0.1, 0.15) is 12.4 Å². The van der Waals surface area contributed by atoms with Gasteiger partial charge in [-0.05, 0) is 46.1 Å². The van der Waals surface area contributed by atoms with E-state index in [1.807, 2.05) is 13.0 Å². The van der Waals surface area contributed by atoms with Crippen LogP contribution in [0.5, 0.6) is 5.75 Å². The molecule has 1 saturated heterocycles. The highest BCUT2D eigenvalue weighted by atomic mass is 79.9. The van der Waals surface area contributed by atoms with Crippen LogP contribution in [0.15, 0.2) is 34.8 Å². The van der Waals surface area contributed by atoms with Crippen LogP contribution in [-0.4, -0.2) is 26.3 Å². The number of hydrogen-bond donors (Lipinski definition) is 1. The monoisotopic (exact) mass is 311 g/mol. The van der Waals surface area contributed by atoms with Crippen LogP contribution in [0, 0.1) is 0 Å². The van der Waals surface area contributed by atoms with E-state index >= 15 is 0 Å². The third-order valence-corrected chi connectivity index (χ3v) is 3.35. The lowest BCUT2D eigenvalue weighted by atomic mass is 10.1. The van der Waals surface area contributed by atoms with Crippen LogP contribution in [0.1, 0.15) is 18.6 Å². The second-order valence-electron chi connectivity index (χ2n) is 4.50. The van der Waals surface area contributed by atoms with Crippen LogP contribution in [0.3, 0.4) is 0 Å². The lowest BCUT2D eigenvalue weighted by Gasteiger charge is -2.24. The van der Waals surface area contributed by atoms with E-state index in [2.05, 4.69) is 40.0 Å². The standard InChI is InChI=1S/C14H18BrNO2/c1-10(2)9-18-13-4-3-11(7-12(13)15)14-8-16-5-6-17-14/h3-4,7,14,16H,1,5-6,8-9H2,2H3. The highest BCUT2D eigenvalue weighted by Crippen LogP contribution is 2.30. The summed E-state index contributed by atoms with van der Waals surface area (Å²) in [5, 5.41) is 3.32. The first-order chi connectivity index (χ1) is 8.66. The van der Waals surface area contributed by atoms with E-state index in [9.17, 15) is 0 Å². The van der Waals surface area contributed by atoms with Crippen molar-refractivity contribution in [3.8, 4) is 5.75 Å². The number of hydrogen-bond acceptors (Lipinski definition) is 3. The fraction of sp³-hybridized carbons (Fsp3) is 0.429. The van der Waals surface area contributed by atoms with Crippen molar-refractivity contribution in [1.82, 2.24) is 5.32 Å². The zero-order chi connectivity index (χ0) is 13.0. The predicted octanol–water partition coefficient (Wildman–Crippen LogP) is 3.06. The molecule has 2 rings (SSSR count). The van der Waals surface area contributed by atoms with Crippen LogP contribution in [0.2, 0.25) is 0 Å². The summed E-state index contributed by atoms with van der Waals surface area (Å²) < 4.78 is 12.3. The summed E-state index contributed by atoms with van der Waals surface area (Å²) in [5.41, 5.74) is 2.17. The van der Waals surface area contributed by atoms with Crippen LogP contribution in [-0.2, 0) is 4.74 Å². The molecule has 1 heterocycles. The van der Waals surface area contributed by atoms with Crippen molar-refractivity contribution in [1.29, 1.82) is 0 Å². The number of morpholine rings is 1. The first-order valence-corrected chi connectivity index (χ1v) is 6.85. The van der Waals surface area contributed by atoms with E-state index < -0.39 is 0 Å². The molecule has 1 aliphatic heterocycles. The third-order valence-electron chi connectivity index (χ3n) is 2.73. The van der Waals surface area contributed by atoms with Gasteiger partial charge in [-0.25, -0.2) is 0 Å². The van der Waals surface area contributed by atoms with Crippen molar-refractivity contribution in [2.45, 2.75) is 13.0 Å². The minimum Gasteiger partial charge on any atom is -0.488 e. The summed E-state index contributed by atoms with van der Waals surface area (Å²) >= 11 is 3.53. The van der Waals surface area contributed by atoms with Crippen molar-refractivity contribution in [3.05, 3.63) is 40.4 Å². The molecule has 0 radical (unpaired) electrons. The minimum absolute atomic E-state index is 0.130. The second kappa shape index (κ2) is 6.36. The molecule has 4 heteroatoms. The van der Waals surface area contributed by atoms with Gasteiger partial charge in [-0.15, -0.1) is 0 Å². The summed E-state index contributed by atoms with van der Waals surface area (Å²) in [6.07, 6.45) is 0.130. The maximum atomic E-state index is 5.72. The fourth-order valence-electron chi connectivity index (χ4n) is 1.81. The summed E-state index contributed by atoms with van der Waals surface area (Å²) in [6, 6.07) is 6.09. The molecule has 0 amide bonds. The average Bonchev–Trinajstić information content (AvgIpc) is 2.38. The number of rotatable bonds is 4.